The lowest BCUT2D eigenvalue weighted by Gasteiger charge is -2.06. The molecule has 18 heavy (non-hydrogen) atoms. The molecule has 0 bridgehead atoms. The minimum atomic E-state index is -3.76. The number of nitrogens with zero attached hydrogens (tertiary/aromatic N) is 1. The van der Waals surface area contributed by atoms with E-state index in [-0.39, 0.29) is 22.2 Å². The third-order valence-corrected chi connectivity index (χ3v) is 3.61. The molecule has 0 atom stereocenters. The van der Waals surface area contributed by atoms with Crippen molar-refractivity contribution >= 4 is 21.5 Å². The quantitative estimate of drug-likeness (QED) is 0.484. The minimum absolute atomic E-state index is 0.00363. The van der Waals surface area contributed by atoms with E-state index in [1.54, 1.807) is 13.0 Å². The zero-order valence-electron chi connectivity index (χ0n) is 9.51. The Morgan fingerprint density at radius 1 is 1.39 bits per heavy atom. The van der Waals surface area contributed by atoms with Crippen molar-refractivity contribution in [3.63, 3.8) is 0 Å². The van der Waals surface area contributed by atoms with Crippen molar-refractivity contribution in [2.75, 3.05) is 10.5 Å². The predicted molar refractivity (Wildman–Crippen MR) is 66.7 cm³/mol. The molecule has 0 aliphatic carbocycles. The summed E-state index contributed by atoms with van der Waals surface area (Å²) in [7, 11) is -3.76. The first-order chi connectivity index (χ1) is 8.38. The number of aromatic amines is 1. The van der Waals surface area contributed by atoms with Gasteiger partial charge in [0.1, 0.15) is 5.75 Å². The highest BCUT2D eigenvalue weighted by Crippen LogP contribution is 2.24. The number of H-pyrrole nitrogens is 1. The number of aromatic nitrogens is 2. The Labute approximate surface area is 104 Å². The third kappa shape index (κ3) is 2.38. The second-order valence-electron chi connectivity index (χ2n) is 3.76. The van der Waals surface area contributed by atoms with Gasteiger partial charge in [0.25, 0.3) is 10.0 Å². The molecule has 0 aliphatic heterocycles. The van der Waals surface area contributed by atoms with E-state index in [0.717, 1.165) is 5.69 Å². The monoisotopic (exact) mass is 268 g/mol. The molecule has 2 aromatic rings. The van der Waals surface area contributed by atoms with Gasteiger partial charge in [-0.05, 0) is 25.1 Å². The normalized spacial score (nSPS) is 11.4. The van der Waals surface area contributed by atoms with E-state index < -0.39 is 10.0 Å². The number of phenols is 1. The summed E-state index contributed by atoms with van der Waals surface area (Å²) in [5.74, 6) is 0.0312. The number of hydrogen-bond acceptors (Lipinski definition) is 5. The van der Waals surface area contributed by atoms with Gasteiger partial charge in [-0.2, -0.15) is 5.10 Å². The molecule has 1 aromatic carbocycles. The van der Waals surface area contributed by atoms with E-state index in [0.29, 0.717) is 0 Å². The van der Waals surface area contributed by atoms with E-state index in [1.165, 1.54) is 18.2 Å². The van der Waals surface area contributed by atoms with Gasteiger partial charge in [-0.25, -0.2) is 8.42 Å². The van der Waals surface area contributed by atoms with Gasteiger partial charge in [-0.1, -0.05) is 0 Å². The van der Waals surface area contributed by atoms with Gasteiger partial charge in [0.15, 0.2) is 5.82 Å². The number of phenolic OH excluding ortho intramolecular Hbond substituents is 1. The van der Waals surface area contributed by atoms with Gasteiger partial charge < -0.3 is 10.8 Å². The summed E-state index contributed by atoms with van der Waals surface area (Å²) >= 11 is 0. The van der Waals surface area contributed by atoms with Crippen LogP contribution in [0.15, 0.2) is 29.2 Å². The van der Waals surface area contributed by atoms with Crippen molar-refractivity contribution in [1.29, 1.82) is 0 Å². The first kappa shape index (κ1) is 12.2. The Balaban J connectivity index is 2.33. The van der Waals surface area contributed by atoms with Crippen molar-refractivity contribution in [2.45, 2.75) is 11.8 Å². The second kappa shape index (κ2) is 4.22. The van der Waals surface area contributed by atoms with Crippen molar-refractivity contribution in [1.82, 2.24) is 10.2 Å². The smallest absolute Gasteiger partial charge is 0.263 e. The molecule has 0 fully saturated rings. The molecular weight excluding hydrogens is 256 g/mol. The van der Waals surface area contributed by atoms with Crippen molar-refractivity contribution in [3.8, 4) is 5.75 Å². The SMILES string of the molecule is Cc1cc(NS(=O)(=O)c2ccc(O)c(N)c2)n[nH]1. The Hall–Kier alpha value is -2.22. The highest BCUT2D eigenvalue weighted by Gasteiger charge is 2.16. The number of nitrogen functional groups attached to an aromatic ring is 1. The highest BCUT2D eigenvalue weighted by atomic mass is 32.2. The Bertz CT molecular complexity index is 678. The first-order valence-electron chi connectivity index (χ1n) is 5.02. The summed E-state index contributed by atoms with van der Waals surface area (Å²) in [6, 6.07) is 5.21. The van der Waals surface area contributed by atoms with Crippen molar-refractivity contribution in [2.24, 2.45) is 0 Å². The molecule has 0 saturated carbocycles. The van der Waals surface area contributed by atoms with Gasteiger partial charge in [0.2, 0.25) is 0 Å². The fraction of sp³-hybridized carbons (Fsp3) is 0.100. The van der Waals surface area contributed by atoms with Crippen LogP contribution in [0.3, 0.4) is 0 Å². The molecule has 0 radical (unpaired) electrons. The zero-order valence-corrected chi connectivity index (χ0v) is 10.3. The van der Waals surface area contributed by atoms with Crippen LogP contribution in [0.5, 0.6) is 5.75 Å². The van der Waals surface area contributed by atoms with Gasteiger partial charge in [-0.15, -0.1) is 0 Å². The van der Waals surface area contributed by atoms with Crippen LogP contribution in [0.1, 0.15) is 5.69 Å². The number of aryl methyl sites for hydroxylation is 1. The average molecular weight is 268 g/mol. The lowest BCUT2D eigenvalue weighted by atomic mass is 10.3. The number of nitrogens with one attached hydrogen (secondary N) is 2. The molecule has 2 rings (SSSR count). The molecule has 0 aliphatic rings. The highest BCUT2D eigenvalue weighted by molar-refractivity contribution is 7.92. The summed E-state index contributed by atoms with van der Waals surface area (Å²) in [5, 5.41) is 15.6. The van der Waals surface area contributed by atoms with Crippen LogP contribution in [0.25, 0.3) is 0 Å². The molecule has 0 saturated heterocycles. The number of hydrogen-bond donors (Lipinski definition) is 4. The van der Waals surface area contributed by atoms with Crippen molar-refractivity contribution < 1.29 is 13.5 Å². The van der Waals surface area contributed by atoms with Gasteiger partial charge in [-0.3, -0.25) is 9.82 Å². The summed E-state index contributed by atoms with van der Waals surface area (Å²) in [5.41, 5.74) is 6.18. The predicted octanol–water partition coefficient (Wildman–Crippen LogP) is 0.807. The number of benzene rings is 1. The van der Waals surface area contributed by atoms with E-state index in [1.807, 2.05) is 0 Å². The van der Waals surface area contributed by atoms with Crippen LogP contribution in [-0.4, -0.2) is 23.7 Å². The van der Waals surface area contributed by atoms with Crippen LogP contribution >= 0.6 is 0 Å². The topological polar surface area (TPSA) is 121 Å². The molecule has 7 nitrogen and oxygen atoms in total. The lowest BCUT2D eigenvalue weighted by Crippen LogP contribution is -2.13. The van der Waals surface area contributed by atoms with Crippen LogP contribution in [0.2, 0.25) is 0 Å². The largest absolute Gasteiger partial charge is 0.506 e. The van der Waals surface area contributed by atoms with Crippen molar-refractivity contribution in [3.05, 3.63) is 30.0 Å². The third-order valence-electron chi connectivity index (χ3n) is 2.25. The fourth-order valence-electron chi connectivity index (χ4n) is 1.37. The molecule has 0 amide bonds. The lowest BCUT2D eigenvalue weighted by molar-refractivity contribution is 0.477. The number of nitrogens with two attached hydrogens (primary N) is 1. The number of sulfonamides is 1. The Morgan fingerprint density at radius 3 is 2.67 bits per heavy atom. The van der Waals surface area contributed by atoms with E-state index in [9.17, 15) is 13.5 Å². The average Bonchev–Trinajstić information content (AvgIpc) is 2.67. The molecule has 1 aromatic heterocycles. The standard InChI is InChI=1S/C10H12N4O3S/c1-6-4-10(13-12-6)14-18(16,17)7-2-3-9(15)8(11)5-7/h2-5,15H,11H2,1H3,(H2,12,13,14). The maximum Gasteiger partial charge on any atom is 0.263 e. The molecule has 8 heteroatoms. The maximum atomic E-state index is 12.0. The summed E-state index contributed by atoms with van der Waals surface area (Å²) in [4.78, 5) is -0.0431. The summed E-state index contributed by atoms with van der Waals surface area (Å²) in [6.07, 6.45) is 0. The summed E-state index contributed by atoms with van der Waals surface area (Å²) < 4.78 is 26.2. The Kier molecular flexibility index (Phi) is 2.87. The number of anilines is 2. The van der Waals surface area contributed by atoms with Crippen LogP contribution in [0.4, 0.5) is 11.5 Å². The van der Waals surface area contributed by atoms with Gasteiger partial charge in [0, 0.05) is 11.8 Å². The zero-order chi connectivity index (χ0) is 13.3. The second-order valence-corrected chi connectivity index (χ2v) is 5.44. The number of aromatic hydroxyl groups is 1. The molecular formula is C10H12N4O3S. The molecule has 96 valence electrons. The minimum Gasteiger partial charge on any atom is -0.506 e. The van der Waals surface area contributed by atoms with Crippen LogP contribution in [-0.2, 0) is 10.0 Å². The maximum absolute atomic E-state index is 12.0. The van der Waals surface area contributed by atoms with E-state index >= 15 is 0 Å². The summed E-state index contributed by atoms with van der Waals surface area (Å²) in [6.45, 7) is 1.75. The Morgan fingerprint density at radius 2 is 2.11 bits per heavy atom. The molecule has 1 heterocycles. The molecule has 0 unspecified atom stereocenters. The van der Waals surface area contributed by atoms with Gasteiger partial charge >= 0.3 is 0 Å². The van der Waals surface area contributed by atoms with Gasteiger partial charge in [0.05, 0.1) is 10.6 Å². The van der Waals surface area contributed by atoms with Crippen LogP contribution < -0.4 is 10.5 Å². The van der Waals surface area contributed by atoms with Crippen LogP contribution in [0, 0.1) is 6.92 Å². The molecule has 0 spiro atoms. The first-order valence-corrected chi connectivity index (χ1v) is 6.50. The molecule has 5 N–H and O–H groups in total. The van der Waals surface area contributed by atoms with E-state index in [4.69, 9.17) is 5.73 Å². The fourth-order valence-corrected chi connectivity index (χ4v) is 2.39. The number of rotatable bonds is 3. The van der Waals surface area contributed by atoms with E-state index in [2.05, 4.69) is 14.9 Å².